The van der Waals surface area contributed by atoms with Crippen molar-refractivity contribution >= 4 is 47.7 Å². The van der Waals surface area contributed by atoms with E-state index in [1.807, 2.05) is 24.3 Å². The second-order valence-corrected chi connectivity index (χ2v) is 8.58. The minimum Gasteiger partial charge on any atom is -0.710 e. The molecule has 0 spiro atoms. The molecule has 0 atom stereocenters. The third-order valence-electron chi connectivity index (χ3n) is 4.15. The summed E-state index contributed by atoms with van der Waals surface area (Å²) in [7, 11) is -3.62. The van der Waals surface area contributed by atoms with Gasteiger partial charge in [-0.2, -0.15) is 0 Å². The molecule has 4 rings (SSSR count). The van der Waals surface area contributed by atoms with E-state index in [4.69, 9.17) is 0 Å². The maximum Gasteiger partial charge on any atom is 0.291 e. The maximum absolute atomic E-state index is 12.8. The van der Waals surface area contributed by atoms with Gasteiger partial charge in [0, 0.05) is 5.39 Å². The van der Waals surface area contributed by atoms with Crippen LogP contribution in [0.25, 0.3) is 21.9 Å². The second-order valence-electron chi connectivity index (χ2n) is 5.74. The molecule has 5 nitrogen and oxygen atoms in total. The van der Waals surface area contributed by atoms with Crippen molar-refractivity contribution in [3.63, 3.8) is 0 Å². The highest BCUT2D eigenvalue weighted by Gasteiger charge is 2.23. The van der Waals surface area contributed by atoms with Crippen LogP contribution in [0.3, 0.4) is 0 Å². The van der Waals surface area contributed by atoms with Crippen molar-refractivity contribution in [2.45, 2.75) is 10.6 Å². The Hall–Kier alpha value is -2.38. The molecule has 0 saturated carbocycles. The van der Waals surface area contributed by atoms with Crippen molar-refractivity contribution in [2.75, 3.05) is 0 Å². The molecule has 0 saturated heterocycles. The van der Waals surface area contributed by atoms with Gasteiger partial charge in [0.2, 0.25) is 0 Å². The van der Waals surface area contributed by atoms with Crippen LogP contribution < -0.4 is 4.73 Å². The number of hydrogen-bond donors (Lipinski definition) is 1. The number of nitrogens with one attached hydrogen (secondary N) is 1. The number of aromatic nitrogens is 2. The number of fused-ring (bicyclic) bond motifs is 3. The third kappa shape index (κ3) is 2.69. The van der Waals surface area contributed by atoms with Crippen LogP contribution in [0.2, 0.25) is 0 Å². The Labute approximate surface area is 152 Å². The molecule has 0 aliphatic carbocycles. The summed E-state index contributed by atoms with van der Waals surface area (Å²) >= 11 is 3.36. The van der Waals surface area contributed by atoms with E-state index in [1.165, 1.54) is 12.1 Å². The zero-order chi connectivity index (χ0) is 17.6. The quantitative estimate of drug-likeness (QED) is 0.408. The van der Waals surface area contributed by atoms with Crippen molar-refractivity contribution in [3.05, 3.63) is 76.0 Å². The number of halogens is 1. The average Bonchev–Trinajstić information content (AvgIpc) is 2.98. The van der Waals surface area contributed by atoms with E-state index < -0.39 is 9.84 Å². The van der Waals surface area contributed by atoms with Crippen LogP contribution >= 0.6 is 15.9 Å². The summed E-state index contributed by atoms with van der Waals surface area (Å²) in [6.07, 6.45) is 0. The van der Waals surface area contributed by atoms with Crippen LogP contribution in [0.4, 0.5) is 0 Å². The van der Waals surface area contributed by atoms with Gasteiger partial charge in [0.05, 0.1) is 14.8 Å². The Morgan fingerprint density at radius 1 is 1.00 bits per heavy atom. The lowest BCUT2D eigenvalue weighted by atomic mass is 10.2. The highest BCUT2D eigenvalue weighted by molar-refractivity contribution is 9.10. The summed E-state index contributed by atoms with van der Waals surface area (Å²) in [4.78, 5) is 3.27. The predicted molar refractivity (Wildman–Crippen MR) is 99.8 cm³/mol. The van der Waals surface area contributed by atoms with Gasteiger partial charge >= 0.3 is 0 Å². The van der Waals surface area contributed by atoms with Crippen LogP contribution in [0.5, 0.6) is 0 Å². The van der Waals surface area contributed by atoms with E-state index in [9.17, 15) is 13.6 Å². The highest BCUT2D eigenvalue weighted by Crippen LogP contribution is 2.28. The number of para-hydroxylation sites is 1. The summed E-state index contributed by atoms with van der Waals surface area (Å²) in [5.41, 5.74) is 1.34. The zero-order valence-corrected chi connectivity index (χ0v) is 15.3. The third-order valence-corrected chi connectivity index (χ3v) is 6.48. The van der Waals surface area contributed by atoms with Crippen LogP contribution in [0.15, 0.2) is 70.0 Å². The van der Waals surface area contributed by atoms with Gasteiger partial charge in [0.1, 0.15) is 17.0 Å². The molecule has 0 fully saturated rings. The second kappa shape index (κ2) is 5.86. The smallest absolute Gasteiger partial charge is 0.291 e. The van der Waals surface area contributed by atoms with Gasteiger partial charge in [-0.05, 0) is 46.3 Å². The van der Waals surface area contributed by atoms with Crippen molar-refractivity contribution in [1.29, 1.82) is 0 Å². The molecule has 2 heterocycles. The molecule has 0 aliphatic heterocycles. The summed E-state index contributed by atoms with van der Waals surface area (Å²) in [5.74, 6) is -0.383. The normalized spacial score (nSPS) is 12.0. The predicted octanol–water partition coefficient (Wildman–Crippen LogP) is 3.69. The molecule has 2 aromatic heterocycles. The zero-order valence-electron chi connectivity index (χ0n) is 12.9. The van der Waals surface area contributed by atoms with Gasteiger partial charge in [-0.25, -0.2) is 18.1 Å². The standard InChI is InChI=1S/C18H13BrN2O3S/c19-15-10-14-13-8-4-5-9-16(13)20-18(14)21(22)17(15)11-25(23,24)12-6-2-1-3-7-12/h1-10,20H,11H2. The molecule has 4 aromatic rings. The van der Waals surface area contributed by atoms with Gasteiger partial charge in [-0.15, -0.1) is 0 Å². The summed E-state index contributed by atoms with van der Waals surface area (Å²) < 4.78 is 26.4. The van der Waals surface area contributed by atoms with Crippen molar-refractivity contribution < 1.29 is 13.1 Å². The number of sulfone groups is 1. The first kappa shape index (κ1) is 16.1. The maximum atomic E-state index is 12.8. The first-order valence-electron chi connectivity index (χ1n) is 7.56. The lowest BCUT2D eigenvalue weighted by Gasteiger charge is -2.13. The Morgan fingerprint density at radius 3 is 2.44 bits per heavy atom. The minimum atomic E-state index is -3.62. The highest BCUT2D eigenvalue weighted by atomic mass is 79.9. The minimum absolute atomic E-state index is 0.155. The van der Waals surface area contributed by atoms with Crippen LogP contribution in [-0.4, -0.2) is 13.4 Å². The Kier molecular flexibility index (Phi) is 3.77. The summed E-state index contributed by atoms with van der Waals surface area (Å²) in [6, 6.07) is 17.5. The molecule has 1 N–H and O–H groups in total. The lowest BCUT2D eigenvalue weighted by molar-refractivity contribution is -0.587. The lowest BCUT2D eigenvalue weighted by Crippen LogP contribution is -2.35. The number of nitrogens with zero attached hydrogens (tertiary/aromatic N) is 1. The molecular formula is C18H13BrN2O3S. The van der Waals surface area contributed by atoms with Gasteiger partial charge in [-0.3, -0.25) is 0 Å². The van der Waals surface area contributed by atoms with Crippen molar-refractivity contribution in [3.8, 4) is 0 Å². The topological polar surface area (TPSA) is 76.9 Å². The molecule has 2 aromatic carbocycles. The van der Waals surface area contributed by atoms with Crippen molar-refractivity contribution in [1.82, 2.24) is 4.98 Å². The fourth-order valence-electron chi connectivity index (χ4n) is 2.92. The monoisotopic (exact) mass is 416 g/mol. The number of benzene rings is 2. The van der Waals surface area contributed by atoms with Crippen LogP contribution in [0.1, 0.15) is 5.69 Å². The molecule has 25 heavy (non-hydrogen) atoms. The molecule has 0 aliphatic rings. The van der Waals surface area contributed by atoms with E-state index in [0.29, 0.717) is 14.9 Å². The van der Waals surface area contributed by atoms with Gasteiger partial charge in [0.25, 0.3) is 5.65 Å². The molecule has 0 radical (unpaired) electrons. The van der Waals surface area contributed by atoms with Gasteiger partial charge in [-0.1, -0.05) is 30.3 Å². The van der Waals surface area contributed by atoms with Gasteiger partial charge in [0.15, 0.2) is 9.84 Å². The van der Waals surface area contributed by atoms with Gasteiger partial charge < -0.3 is 5.21 Å². The number of H-pyrrole nitrogens is 1. The summed E-state index contributed by atoms with van der Waals surface area (Å²) in [6.45, 7) is 0. The number of aromatic amines is 1. The molecule has 0 amide bonds. The number of pyridine rings is 1. The Morgan fingerprint density at radius 2 is 1.68 bits per heavy atom. The van der Waals surface area contributed by atoms with Crippen LogP contribution in [-0.2, 0) is 15.6 Å². The summed E-state index contributed by atoms with van der Waals surface area (Å²) in [5, 5.41) is 14.5. The molecule has 0 unspecified atom stereocenters. The fourth-order valence-corrected chi connectivity index (χ4v) is 5.00. The fraction of sp³-hybridized carbons (Fsp3) is 0.0556. The van der Waals surface area contributed by atoms with E-state index in [1.54, 1.807) is 24.3 Å². The van der Waals surface area contributed by atoms with Crippen LogP contribution in [0, 0.1) is 5.21 Å². The van der Waals surface area contributed by atoms with Crippen molar-refractivity contribution in [2.24, 2.45) is 0 Å². The SMILES string of the molecule is O=S(=O)(Cc1c(Br)cc2c3ccccc3[nH]c2[n+]1[O-])c1ccccc1. The number of rotatable bonds is 3. The molecule has 7 heteroatoms. The Balaban J connectivity index is 1.89. The van der Waals surface area contributed by atoms with E-state index >= 15 is 0 Å². The van der Waals surface area contributed by atoms with E-state index in [0.717, 1.165) is 16.3 Å². The average molecular weight is 417 g/mol. The molecule has 126 valence electrons. The van der Waals surface area contributed by atoms with E-state index in [-0.39, 0.29) is 16.3 Å². The number of hydrogen-bond acceptors (Lipinski definition) is 3. The first-order valence-corrected chi connectivity index (χ1v) is 10.0. The molecular weight excluding hydrogens is 404 g/mol. The Bertz CT molecular complexity index is 1200. The first-order chi connectivity index (χ1) is 12.0. The largest absolute Gasteiger partial charge is 0.710 e. The van der Waals surface area contributed by atoms with E-state index in [2.05, 4.69) is 20.9 Å². The molecule has 0 bridgehead atoms.